The van der Waals surface area contributed by atoms with Crippen LogP contribution in [0.5, 0.6) is 0 Å². The normalized spacial score (nSPS) is 20.9. The summed E-state index contributed by atoms with van der Waals surface area (Å²) >= 11 is 1.95. The third-order valence-electron chi connectivity index (χ3n) is 3.31. The Bertz CT molecular complexity index is 424. The molecule has 4 heteroatoms. The van der Waals surface area contributed by atoms with Gasteiger partial charge in [-0.25, -0.2) is 4.39 Å². The van der Waals surface area contributed by atoms with Gasteiger partial charge in [0, 0.05) is 37.1 Å². The van der Waals surface area contributed by atoms with Gasteiger partial charge in [0.05, 0.1) is 5.56 Å². The molecule has 2 nitrogen and oxygen atoms in total. The van der Waals surface area contributed by atoms with E-state index >= 15 is 0 Å². The number of thioether (sulfide) groups is 1. The van der Waals surface area contributed by atoms with Gasteiger partial charge in [0.1, 0.15) is 5.82 Å². The first kappa shape index (κ1) is 13.6. The van der Waals surface area contributed by atoms with Crippen molar-refractivity contribution in [3.8, 4) is 0 Å². The zero-order valence-corrected chi connectivity index (χ0v) is 11.4. The Morgan fingerprint density at radius 3 is 3.00 bits per heavy atom. The average molecular weight is 267 g/mol. The van der Waals surface area contributed by atoms with Crippen molar-refractivity contribution in [2.24, 2.45) is 0 Å². The number of hydrogen-bond acceptors (Lipinski definition) is 3. The van der Waals surface area contributed by atoms with E-state index < -0.39 is 5.82 Å². The van der Waals surface area contributed by atoms with E-state index in [1.165, 1.54) is 6.07 Å². The molecule has 1 atom stereocenters. The van der Waals surface area contributed by atoms with Crippen molar-refractivity contribution in [2.75, 3.05) is 24.6 Å². The molecule has 0 N–H and O–H groups in total. The zero-order valence-electron chi connectivity index (χ0n) is 10.6. The Labute approximate surface area is 112 Å². The minimum atomic E-state index is -0.412. The van der Waals surface area contributed by atoms with Crippen molar-refractivity contribution in [2.45, 2.75) is 19.4 Å². The van der Waals surface area contributed by atoms with Crippen molar-refractivity contribution in [3.63, 3.8) is 0 Å². The number of benzene rings is 1. The van der Waals surface area contributed by atoms with E-state index in [1.54, 1.807) is 18.2 Å². The summed E-state index contributed by atoms with van der Waals surface area (Å²) in [7, 11) is 0. The van der Waals surface area contributed by atoms with E-state index in [2.05, 4.69) is 11.8 Å². The summed E-state index contributed by atoms with van der Waals surface area (Å²) in [5, 5.41) is 0. The van der Waals surface area contributed by atoms with E-state index in [0.717, 1.165) is 24.6 Å². The van der Waals surface area contributed by atoms with Crippen LogP contribution in [-0.2, 0) is 0 Å². The number of halogens is 1. The number of carbonyl (C=O) groups is 1. The van der Waals surface area contributed by atoms with Crippen molar-refractivity contribution in [1.82, 2.24) is 4.90 Å². The molecule has 1 fully saturated rings. The number of ketones is 1. The van der Waals surface area contributed by atoms with Gasteiger partial charge in [-0.15, -0.1) is 0 Å². The van der Waals surface area contributed by atoms with Crippen LogP contribution in [0, 0.1) is 5.82 Å². The molecule has 1 aliphatic heterocycles. The SMILES string of the molecule is CC1CSCCN1CCC(=O)c1ccccc1F. The monoisotopic (exact) mass is 267 g/mol. The molecule has 0 aromatic heterocycles. The molecule has 1 aromatic rings. The first-order valence-corrected chi connectivity index (χ1v) is 7.43. The number of nitrogens with zero attached hydrogens (tertiary/aromatic N) is 1. The number of rotatable bonds is 4. The molecule has 98 valence electrons. The van der Waals surface area contributed by atoms with Crippen LogP contribution in [0.2, 0.25) is 0 Å². The summed E-state index contributed by atoms with van der Waals surface area (Å²) in [4.78, 5) is 14.3. The van der Waals surface area contributed by atoms with Crippen molar-refractivity contribution >= 4 is 17.5 Å². The third-order valence-corrected chi connectivity index (χ3v) is 4.49. The van der Waals surface area contributed by atoms with E-state index in [0.29, 0.717) is 12.5 Å². The highest BCUT2D eigenvalue weighted by molar-refractivity contribution is 7.99. The van der Waals surface area contributed by atoms with Crippen LogP contribution in [-0.4, -0.2) is 41.3 Å². The van der Waals surface area contributed by atoms with Gasteiger partial charge in [0.2, 0.25) is 0 Å². The predicted molar refractivity (Wildman–Crippen MR) is 73.7 cm³/mol. The van der Waals surface area contributed by atoms with Crippen molar-refractivity contribution in [1.29, 1.82) is 0 Å². The molecule has 1 unspecified atom stereocenters. The quantitative estimate of drug-likeness (QED) is 0.782. The van der Waals surface area contributed by atoms with Gasteiger partial charge in [-0.05, 0) is 19.1 Å². The number of carbonyl (C=O) groups excluding carboxylic acids is 1. The van der Waals surface area contributed by atoms with Gasteiger partial charge in [0.15, 0.2) is 5.78 Å². The number of Topliss-reactive ketones (excluding diaryl/α,β-unsaturated/α-hetero) is 1. The molecule has 0 bridgehead atoms. The summed E-state index contributed by atoms with van der Waals surface area (Å²) in [6, 6.07) is 6.73. The molecular weight excluding hydrogens is 249 g/mol. The average Bonchev–Trinajstić information content (AvgIpc) is 2.38. The highest BCUT2D eigenvalue weighted by Gasteiger charge is 2.20. The maximum Gasteiger partial charge on any atom is 0.167 e. The summed E-state index contributed by atoms with van der Waals surface area (Å²) in [5.74, 6) is 1.73. The van der Waals surface area contributed by atoms with Crippen LogP contribution in [0.25, 0.3) is 0 Å². The maximum atomic E-state index is 13.4. The second kappa shape index (κ2) is 6.34. The lowest BCUT2D eigenvalue weighted by atomic mass is 10.1. The molecule has 0 aliphatic carbocycles. The van der Waals surface area contributed by atoms with Crippen LogP contribution in [0.3, 0.4) is 0 Å². The molecule has 0 radical (unpaired) electrons. The summed E-state index contributed by atoms with van der Waals surface area (Å²) in [6.45, 7) is 3.94. The Morgan fingerprint density at radius 1 is 1.50 bits per heavy atom. The minimum Gasteiger partial charge on any atom is -0.299 e. The Hall–Kier alpha value is -0.870. The lowest BCUT2D eigenvalue weighted by molar-refractivity contribution is 0.0954. The van der Waals surface area contributed by atoms with Gasteiger partial charge in [-0.1, -0.05) is 12.1 Å². The van der Waals surface area contributed by atoms with Gasteiger partial charge in [-0.2, -0.15) is 11.8 Å². The van der Waals surface area contributed by atoms with Gasteiger partial charge in [-0.3, -0.25) is 9.69 Å². The third kappa shape index (κ3) is 3.33. The van der Waals surface area contributed by atoms with E-state index in [9.17, 15) is 9.18 Å². The zero-order chi connectivity index (χ0) is 13.0. The Kier molecular flexibility index (Phi) is 4.78. The molecule has 1 heterocycles. The second-order valence-electron chi connectivity index (χ2n) is 4.61. The predicted octanol–water partition coefficient (Wildman–Crippen LogP) is 2.84. The van der Waals surface area contributed by atoms with Crippen LogP contribution in [0.15, 0.2) is 24.3 Å². The largest absolute Gasteiger partial charge is 0.299 e. The van der Waals surface area contributed by atoms with Crippen LogP contribution >= 0.6 is 11.8 Å². The van der Waals surface area contributed by atoms with E-state index in [-0.39, 0.29) is 11.3 Å². The lowest BCUT2D eigenvalue weighted by Gasteiger charge is -2.32. The summed E-state index contributed by atoms with van der Waals surface area (Å²) in [6.07, 6.45) is 0.399. The van der Waals surface area contributed by atoms with Gasteiger partial charge < -0.3 is 0 Å². The topological polar surface area (TPSA) is 20.3 Å². The first-order chi connectivity index (χ1) is 8.68. The van der Waals surface area contributed by atoms with Crippen LogP contribution in [0.1, 0.15) is 23.7 Å². The standard InChI is InChI=1S/C14H18FNOS/c1-11-10-18-9-8-16(11)7-6-14(17)12-4-2-3-5-13(12)15/h2-5,11H,6-10H2,1H3. The van der Waals surface area contributed by atoms with E-state index in [1.807, 2.05) is 11.8 Å². The lowest BCUT2D eigenvalue weighted by Crippen LogP contribution is -2.41. The number of hydrogen-bond donors (Lipinski definition) is 0. The highest BCUT2D eigenvalue weighted by atomic mass is 32.2. The minimum absolute atomic E-state index is 0.0986. The van der Waals surface area contributed by atoms with Gasteiger partial charge >= 0.3 is 0 Å². The van der Waals surface area contributed by atoms with Crippen LogP contribution in [0.4, 0.5) is 4.39 Å². The molecule has 1 saturated heterocycles. The fourth-order valence-corrected chi connectivity index (χ4v) is 3.24. The Balaban J connectivity index is 1.90. The highest BCUT2D eigenvalue weighted by Crippen LogP contribution is 2.17. The summed E-state index contributed by atoms with van der Waals surface area (Å²) < 4.78 is 13.4. The molecular formula is C14H18FNOS. The molecule has 1 aliphatic rings. The van der Waals surface area contributed by atoms with Crippen molar-refractivity contribution in [3.05, 3.63) is 35.6 Å². The second-order valence-corrected chi connectivity index (χ2v) is 5.76. The molecule has 0 saturated carbocycles. The fraction of sp³-hybridized carbons (Fsp3) is 0.500. The molecule has 0 spiro atoms. The maximum absolute atomic E-state index is 13.4. The molecule has 1 aromatic carbocycles. The smallest absolute Gasteiger partial charge is 0.167 e. The summed E-state index contributed by atoms with van der Waals surface area (Å²) in [5.41, 5.74) is 0.219. The first-order valence-electron chi connectivity index (χ1n) is 6.28. The van der Waals surface area contributed by atoms with Gasteiger partial charge in [0.25, 0.3) is 0 Å². The molecule has 18 heavy (non-hydrogen) atoms. The van der Waals surface area contributed by atoms with Crippen LogP contribution < -0.4 is 0 Å². The molecule has 0 amide bonds. The van der Waals surface area contributed by atoms with Crippen molar-refractivity contribution < 1.29 is 9.18 Å². The van der Waals surface area contributed by atoms with E-state index in [4.69, 9.17) is 0 Å². The molecule has 2 rings (SSSR count). The fourth-order valence-electron chi connectivity index (χ4n) is 2.16. The Morgan fingerprint density at radius 2 is 2.28 bits per heavy atom.